The van der Waals surface area contributed by atoms with E-state index in [1.54, 1.807) is 6.07 Å². The number of ether oxygens (including phenoxy) is 1. The molecule has 0 aliphatic carbocycles. The van der Waals surface area contributed by atoms with Crippen LogP contribution in [0.25, 0.3) is 0 Å². The van der Waals surface area contributed by atoms with Gasteiger partial charge in [-0.1, -0.05) is 42.5 Å². The standard InChI is InChI=1S/C17H18FNOS/c18-14-8-4-5-9-16(14)21-17(13-6-2-1-3-7-13)15-12-19-10-11-20-15/h1-9,15,17,19H,10-12H2. The highest BCUT2D eigenvalue weighted by Gasteiger charge is 2.27. The van der Waals surface area contributed by atoms with E-state index >= 15 is 0 Å². The average Bonchev–Trinajstić information content (AvgIpc) is 2.56. The van der Waals surface area contributed by atoms with Crippen molar-refractivity contribution in [1.29, 1.82) is 0 Å². The van der Waals surface area contributed by atoms with Crippen molar-refractivity contribution in [3.63, 3.8) is 0 Å². The molecule has 0 spiro atoms. The van der Waals surface area contributed by atoms with Gasteiger partial charge in [-0.05, 0) is 17.7 Å². The van der Waals surface area contributed by atoms with Crippen molar-refractivity contribution in [3.8, 4) is 0 Å². The molecule has 2 nitrogen and oxygen atoms in total. The normalized spacial score (nSPS) is 20.1. The Balaban J connectivity index is 1.87. The van der Waals surface area contributed by atoms with Crippen LogP contribution in [-0.2, 0) is 4.74 Å². The number of rotatable bonds is 4. The van der Waals surface area contributed by atoms with E-state index in [9.17, 15) is 4.39 Å². The summed E-state index contributed by atoms with van der Waals surface area (Å²) < 4.78 is 19.9. The Hall–Kier alpha value is -1.36. The molecule has 1 saturated heterocycles. The highest BCUT2D eigenvalue weighted by molar-refractivity contribution is 7.99. The molecule has 0 saturated carbocycles. The van der Waals surface area contributed by atoms with Crippen molar-refractivity contribution in [2.45, 2.75) is 16.2 Å². The van der Waals surface area contributed by atoms with E-state index in [2.05, 4.69) is 17.4 Å². The van der Waals surface area contributed by atoms with Gasteiger partial charge in [-0.2, -0.15) is 0 Å². The van der Waals surface area contributed by atoms with Crippen molar-refractivity contribution in [1.82, 2.24) is 5.32 Å². The minimum Gasteiger partial charge on any atom is -0.374 e. The summed E-state index contributed by atoms with van der Waals surface area (Å²) in [5, 5.41) is 3.43. The molecular formula is C17H18FNOS. The Morgan fingerprint density at radius 2 is 1.86 bits per heavy atom. The number of thioether (sulfide) groups is 1. The first-order valence-corrected chi connectivity index (χ1v) is 8.01. The lowest BCUT2D eigenvalue weighted by molar-refractivity contribution is 0.0273. The molecular weight excluding hydrogens is 285 g/mol. The van der Waals surface area contributed by atoms with Gasteiger partial charge in [-0.3, -0.25) is 0 Å². The number of hydrogen-bond acceptors (Lipinski definition) is 3. The first kappa shape index (κ1) is 14.6. The topological polar surface area (TPSA) is 21.3 Å². The van der Waals surface area contributed by atoms with E-state index in [0.29, 0.717) is 11.5 Å². The van der Waals surface area contributed by atoms with E-state index in [-0.39, 0.29) is 17.2 Å². The fourth-order valence-corrected chi connectivity index (χ4v) is 3.69. The van der Waals surface area contributed by atoms with Gasteiger partial charge < -0.3 is 10.1 Å². The summed E-state index contributed by atoms with van der Waals surface area (Å²) >= 11 is 1.53. The number of hydrogen-bond donors (Lipinski definition) is 1. The van der Waals surface area contributed by atoms with E-state index in [4.69, 9.17) is 4.74 Å². The molecule has 21 heavy (non-hydrogen) atoms. The summed E-state index contributed by atoms with van der Waals surface area (Å²) in [6.07, 6.45) is 0.0470. The molecule has 110 valence electrons. The van der Waals surface area contributed by atoms with Gasteiger partial charge >= 0.3 is 0 Å². The van der Waals surface area contributed by atoms with Gasteiger partial charge in [-0.25, -0.2) is 4.39 Å². The minimum atomic E-state index is -0.174. The van der Waals surface area contributed by atoms with Crippen molar-refractivity contribution < 1.29 is 9.13 Å². The zero-order chi connectivity index (χ0) is 14.5. The second-order valence-electron chi connectivity index (χ2n) is 4.99. The molecule has 2 aromatic rings. The highest BCUT2D eigenvalue weighted by Crippen LogP contribution is 2.40. The first-order valence-electron chi connectivity index (χ1n) is 7.13. The van der Waals surface area contributed by atoms with Gasteiger partial charge in [0.25, 0.3) is 0 Å². The van der Waals surface area contributed by atoms with Gasteiger partial charge in [0.1, 0.15) is 5.82 Å². The molecule has 2 atom stereocenters. The molecule has 3 rings (SSSR count). The van der Waals surface area contributed by atoms with Crippen LogP contribution in [0.1, 0.15) is 10.8 Å². The van der Waals surface area contributed by atoms with E-state index < -0.39 is 0 Å². The maximum Gasteiger partial charge on any atom is 0.136 e. The second kappa shape index (κ2) is 7.07. The predicted octanol–water partition coefficient (Wildman–Crippen LogP) is 3.65. The molecule has 1 fully saturated rings. The third-order valence-electron chi connectivity index (χ3n) is 3.51. The lowest BCUT2D eigenvalue weighted by Crippen LogP contribution is -2.41. The zero-order valence-corrected chi connectivity index (χ0v) is 12.5. The summed E-state index contributed by atoms with van der Waals surface area (Å²) in [7, 11) is 0. The van der Waals surface area contributed by atoms with Gasteiger partial charge in [0, 0.05) is 18.0 Å². The Labute approximate surface area is 128 Å². The fourth-order valence-electron chi connectivity index (χ4n) is 2.46. The molecule has 1 aliphatic rings. The smallest absolute Gasteiger partial charge is 0.136 e. The Bertz CT molecular complexity index is 572. The quantitative estimate of drug-likeness (QED) is 0.871. The lowest BCUT2D eigenvalue weighted by atomic mass is 10.1. The Morgan fingerprint density at radius 3 is 2.57 bits per heavy atom. The van der Waals surface area contributed by atoms with E-state index in [1.165, 1.54) is 23.4 Å². The van der Waals surface area contributed by atoms with Crippen LogP contribution in [0.15, 0.2) is 59.5 Å². The number of benzene rings is 2. The average molecular weight is 303 g/mol. The van der Waals surface area contributed by atoms with Crippen LogP contribution in [0.2, 0.25) is 0 Å². The van der Waals surface area contributed by atoms with Crippen molar-refractivity contribution in [2.24, 2.45) is 0 Å². The molecule has 1 heterocycles. The maximum absolute atomic E-state index is 14.0. The largest absolute Gasteiger partial charge is 0.374 e. The molecule has 0 radical (unpaired) electrons. The number of nitrogens with one attached hydrogen (secondary N) is 1. The monoisotopic (exact) mass is 303 g/mol. The van der Waals surface area contributed by atoms with Gasteiger partial charge in [-0.15, -0.1) is 11.8 Å². The van der Waals surface area contributed by atoms with Crippen LogP contribution in [0.4, 0.5) is 4.39 Å². The third kappa shape index (κ3) is 3.64. The van der Waals surface area contributed by atoms with Crippen molar-refractivity contribution in [3.05, 3.63) is 66.0 Å². The maximum atomic E-state index is 14.0. The molecule has 1 aliphatic heterocycles. The van der Waals surface area contributed by atoms with Crippen LogP contribution in [-0.4, -0.2) is 25.8 Å². The van der Waals surface area contributed by atoms with E-state index in [1.807, 2.05) is 30.3 Å². The minimum absolute atomic E-state index is 0.0470. The van der Waals surface area contributed by atoms with Crippen LogP contribution < -0.4 is 5.32 Å². The van der Waals surface area contributed by atoms with Crippen molar-refractivity contribution >= 4 is 11.8 Å². The molecule has 2 aromatic carbocycles. The van der Waals surface area contributed by atoms with Crippen molar-refractivity contribution in [2.75, 3.05) is 19.7 Å². The third-order valence-corrected chi connectivity index (χ3v) is 4.93. The highest BCUT2D eigenvalue weighted by atomic mass is 32.2. The SMILES string of the molecule is Fc1ccccc1SC(c1ccccc1)C1CNCCO1. The first-order chi connectivity index (χ1) is 10.3. The van der Waals surface area contributed by atoms with E-state index in [0.717, 1.165) is 13.1 Å². The second-order valence-corrected chi connectivity index (χ2v) is 6.18. The zero-order valence-electron chi connectivity index (χ0n) is 11.7. The molecule has 0 amide bonds. The summed E-state index contributed by atoms with van der Waals surface area (Å²) in [5.74, 6) is -0.174. The molecule has 0 aromatic heterocycles. The molecule has 4 heteroatoms. The number of morpholine rings is 1. The Morgan fingerprint density at radius 1 is 1.10 bits per heavy atom. The number of halogens is 1. The molecule has 2 unspecified atom stereocenters. The summed E-state index contributed by atoms with van der Waals surface area (Å²) in [5.41, 5.74) is 1.17. The summed E-state index contributed by atoms with van der Waals surface area (Å²) in [6.45, 7) is 2.37. The summed E-state index contributed by atoms with van der Waals surface area (Å²) in [4.78, 5) is 0.667. The molecule has 1 N–H and O–H groups in total. The van der Waals surface area contributed by atoms with Gasteiger partial charge in [0.05, 0.1) is 18.0 Å². The van der Waals surface area contributed by atoms with Gasteiger partial charge in [0.2, 0.25) is 0 Å². The van der Waals surface area contributed by atoms with Crippen LogP contribution >= 0.6 is 11.8 Å². The fraction of sp³-hybridized carbons (Fsp3) is 0.294. The van der Waals surface area contributed by atoms with Crippen LogP contribution in [0, 0.1) is 5.82 Å². The predicted molar refractivity (Wildman–Crippen MR) is 84.0 cm³/mol. The summed E-state index contributed by atoms with van der Waals surface area (Å²) in [6, 6.07) is 17.1. The Kier molecular flexibility index (Phi) is 4.91. The van der Waals surface area contributed by atoms with Crippen LogP contribution in [0.3, 0.4) is 0 Å². The van der Waals surface area contributed by atoms with Gasteiger partial charge in [0.15, 0.2) is 0 Å². The lowest BCUT2D eigenvalue weighted by Gasteiger charge is -2.31. The molecule has 0 bridgehead atoms. The van der Waals surface area contributed by atoms with Crippen LogP contribution in [0.5, 0.6) is 0 Å².